The summed E-state index contributed by atoms with van der Waals surface area (Å²) in [7, 11) is 0. The third kappa shape index (κ3) is 2.00. The van der Waals surface area contributed by atoms with Crippen molar-refractivity contribution in [2.24, 2.45) is 0 Å². The number of aliphatic hydroxyl groups is 1. The van der Waals surface area contributed by atoms with Crippen LogP contribution < -0.4 is 0 Å². The molecular formula is C10H7ClFNO2. The van der Waals surface area contributed by atoms with E-state index in [1.807, 2.05) is 0 Å². The fraction of sp³-hybridized carbons (Fsp3) is 0.100. The van der Waals surface area contributed by atoms with E-state index in [1.54, 1.807) is 6.07 Å². The van der Waals surface area contributed by atoms with E-state index >= 15 is 0 Å². The Labute approximate surface area is 90.1 Å². The molecule has 1 aromatic heterocycles. The second-order valence-electron chi connectivity index (χ2n) is 2.96. The van der Waals surface area contributed by atoms with Gasteiger partial charge in [-0.15, -0.1) is 0 Å². The number of hydrogen-bond acceptors (Lipinski definition) is 3. The molecule has 0 unspecified atom stereocenters. The van der Waals surface area contributed by atoms with Crippen molar-refractivity contribution in [3.8, 4) is 11.3 Å². The minimum atomic E-state index is -0.483. The van der Waals surface area contributed by atoms with E-state index in [9.17, 15) is 4.39 Å². The normalized spacial score (nSPS) is 10.6. The first-order valence-corrected chi connectivity index (χ1v) is 4.60. The summed E-state index contributed by atoms with van der Waals surface area (Å²) >= 11 is 5.61. The third-order valence-electron chi connectivity index (χ3n) is 1.92. The highest BCUT2D eigenvalue weighted by Crippen LogP contribution is 2.25. The summed E-state index contributed by atoms with van der Waals surface area (Å²) < 4.78 is 18.3. The zero-order chi connectivity index (χ0) is 10.8. The number of nitrogens with zero attached hydrogens (tertiary/aromatic N) is 1. The van der Waals surface area contributed by atoms with Crippen LogP contribution in [0, 0.1) is 5.82 Å². The van der Waals surface area contributed by atoms with Crippen LogP contribution >= 0.6 is 11.6 Å². The van der Waals surface area contributed by atoms with Crippen LogP contribution in [0.4, 0.5) is 4.39 Å². The first kappa shape index (κ1) is 10.1. The van der Waals surface area contributed by atoms with E-state index in [1.165, 1.54) is 18.2 Å². The summed E-state index contributed by atoms with van der Waals surface area (Å²) in [6.07, 6.45) is 0. The second-order valence-corrected chi connectivity index (χ2v) is 3.40. The average Bonchev–Trinajstić information content (AvgIpc) is 2.66. The van der Waals surface area contributed by atoms with Crippen LogP contribution in [-0.2, 0) is 6.61 Å². The molecule has 0 radical (unpaired) electrons. The lowest BCUT2D eigenvalue weighted by Crippen LogP contribution is -1.82. The molecule has 5 heteroatoms. The molecule has 0 aliphatic rings. The maximum atomic E-state index is 13.4. The summed E-state index contributed by atoms with van der Waals surface area (Å²) in [6.45, 7) is -0.237. The zero-order valence-corrected chi connectivity index (χ0v) is 8.33. The Morgan fingerprint density at radius 2 is 2.20 bits per heavy atom. The standard InChI is InChI=1S/C10H7ClFNO2/c11-6-1-2-8(9(12)3-6)10-4-7(5-14)13-15-10/h1-4,14H,5H2. The van der Waals surface area contributed by atoms with Crippen molar-refractivity contribution in [2.45, 2.75) is 6.61 Å². The van der Waals surface area contributed by atoms with Crippen molar-refractivity contribution < 1.29 is 14.0 Å². The maximum Gasteiger partial charge on any atom is 0.170 e. The molecule has 2 aromatic rings. The molecule has 2 rings (SSSR count). The van der Waals surface area contributed by atoms with Crippen molar-refractivity contribution in [3.63, 3.8) is 0 Å². The van der Waals surface area contributed by atoms with Gasteiger partial charge in [0.2, 0.25) is 0 Å². The van der Waals surface area contributed by atoms with Crippen molar-refractivity contribution in [3.05, 3.63) is 40.8 Å². The highest BCUT2D eigenvalue weighted by molar-refractivity contribution is 6.30. The van der Waals surface area contributed by atoms with Crippen LogP contribution in [0.25, 0.3) is 11.3 Å². The molecule has 1 N–H and O–H groups in total. The number of hydrogen-bond donors (Lipinski definition) is 1. The second kappa shape index (κ2) is 4.00. The lowest BCUT2D eigenvalue weighted by atomic mass is 10.1. The number of rotatable bonds is 2. The molecule has 0 aliphatic heterocycles. The molecule has 15 heavy (non-hydrogen) atoms. The Kier molecular flexibility index (Phi) is 2.70. The van der Waals surface area contributed by atoms with Gasteiger partial charge in [0.25, 0.3) is 0 Å². The van der Waals surface area contributed by atoms with Crippen molar-refractivity contribution in [1.82, 2.24) is 5.16 Å². The first-order chi connectivity index (χ1) is 7.20. The van der Waals surface area contributed by atoms with Gasteiger partial charge in [0.1, 0.15) is 11.5 Å². The molecule has 1 heterocycles. The van der Waals surface area contributed by atoms with E-state index in [0.717, 1.165) is 0 Å². The number of benzene rings is 1. The lowest BCUT2D eigenvalue weighted by molar-refractivity contribution is 0.267. The quantitative estimate of drug-likeness (QED) is 0.858. The third-order valence-corrected chi connectivity index (χ3v) is 2.15. The molecule has 78 valence electrons. The molecule has 0 saturated heterocycles. The maximum absolute atomic E-state index is 13.4. The Balaban J connectivity index is 2.44. The fourth-order valence-corrected chi connectivity index (χ4v) is 1.36. The van der Waals surface area contributed by atoms with E-state index in [2.05, 4.69) is 5.16 Å². The lowest BCUT2D eigenvalue weighted by Gasteiger charge is -1.97. The Hall–Kier alpha value is -1.39. The molecule has 0 aliphatic carbocycles. The highest BCUT2D eigenvalue weighted by atomic mass is 35.5. The van der Waals surface area contributed by atoms with E-state index in [0.29, 0.717) is 10.7 Å². The van der Waals surface area contributed by atoms with Gasteiger partial charge >= 0.3 is 0 Å². The Morgan fingerprint density at radius 3 is 2.80 bits per heavy atom. The Morgan fingerprint density at radius 1 is 1.40 bits per heavy atom. The van der Waals surface area contributed by atoms with Gasteiger partial charge in [0, 0.05) is 11.1 Å². The van der Waals surface area contributed by atoms with Gasteiger partial charge in [0.05, 0.1) is 12.2 Å². The van der Waals surface area contributed by atoms with Gasteiger partial charge in [-0.05, 0) is 18.2 Å². The van der Waals surface area contributed by atoms with Crippen LogP contribution in [0.5, 0.6) is 0 Å². The predicted octanol–water partition coefficient (Wildman–Crippen LogP) is 2.63. The number of aromatic nitrogens is 1. The summed E-state index contributed by atoms with van der Waals surface area (Å²) in [6, 6.07) is 5.73. The van der Waals surface area contributed by atoms with Gasteiger partial charge in [-0.1, -0.05) is 16.8 Å². The minimum absolute atomic E-state index is 0.237. The molecular weight excluding hydrogens is 221 g/mol. The molecule has 1 aromatic carbocycles. The number of aliphatic hydroxyl groups excluding tert-OH is 1. The van der Waals surface area contributed by atoms with Gasteiger partial charge in [-0.2, -0.15) is 0 Å². The van der Waals surface area contributed by atoms with Crippen molar-refractivity contribution in [1.29, 1.82) is 0 Å². The monoisotopic (exact) mass is 227 g/mol. The summed E-state index contributed by atoms with van der Waals surface area (Å²) in [4.78, 5) is 0. The van der Waals surface area contributed by atoms with Gasteiger partial charge in [-0.25, -0.2) is 4.39 Å². The fourth-order valence-electron chi connectivity index (χ4n) is 1.20. The number of halogens is 2. The molecule has 0 bridgehead atoms. The molecule has 0 saturated carbocycles. The first-order valence-electron chi connectivity index (χ1n) is 4.22. The van der Waals surface area contributed by atoms with Crippen LogP contribution in [0.15, 0.2) is 28.8 Å². The molecule has 0 amide bonds. The van der Waals surface area contributed by atoms with E-state index < -0.39 is 5.82 Å². The van der Waals surface area contributed by atoms with Crippen LogP contribution in [0.1, 0.15) is 5.69 Å². The van der Waals surface area contributed by atoms with E-state index in [-0.39, 0.29) is 17.9 Å². The summed E-state index contributed by atoms with van der Waals surface area (Å²) in [5.41, 5.74) is 0.631. The smallest absolute Gasteiger partial charge is 0.170 e. The van der Waals surface area contributed by atoms with Crippen LogP contribution in [0.2, 0.25) is 5.02 Å². The van der Waals surface area contributed by atoms with Gasteiger partial charge < -0.3 is 9.63 Å². The Bertz CT molecular complexity index is 484. The summed E-state index contributed by atoms with van der Waals surface area (Å²) in [5, 5.41) is 12.6. The van der Waals surface area contributed by atoms with Crippen LogP contribution in [0.3, 0.4) is 0 Å². The van der Waals surface area contributed by atoms with Gasteiger partial charge in [-0.3, -0.25) is 0 Å². The SMILES string of the molecule is OCc1cc(-c2ccc(Cl)cc2F)on1. The highest BCUT2D eigenvalue weighted by Gasteiger charge is 2.11. The zero-order valence-electron chi connectivity index (χ0n) is 7.58. The topological polar surface area (TPSA) is 46.3 Å². The van der Waals surface area contributed by atoms with Gasteiger partial charge in [0.15, 0.2) is 5.76 Å². The van der Waals surface area contributed by atoms with Crippen molar-refractivity contribution in [2.75, 3.05) is 0 Å². The van der Waals surface area contributed by atoms with Crippen molar-refractivity contribution >= 4 is 11.6 Å². The average molecular weight is 228 g/mol. The molecule has 0 spiro atoms. The molecule has 0 fully saturated rings. The van der Waals surface area contributed by atoms with E-state index in [4.69, 9.17) is 21.2 Å². The molecule has 0 atom stereocenters. The predicted molar refractivity (Wildman–Crippen MR) is 52.8 cm³/mol. The largest absolute Gasteiger partial charge is 0.390 e. The summed E-state index contributed by atoms with van der Waals surface area (Å²) in [5.74, 6) is -0.212. The van der Waals surface area contributed by atoms with Crippen LogP contribution in [-0.4, -0.2) is 10.3 Å². The minimum Gasteiger partial charge on any atom is -0.390 e. The molecule has 3 nitrogen and oxygen atoms in total.